The van der Waals surface area contributed by atoms with Gasteiger partial charge in [-0.3, -0.25) is 14.5 Å². The number of nitrogens with one attached hydrogen (secondary N) is 1. The van der Waals surface area contributed by atoms with Crippen molar-refractivity contribution in [2.45, 2.75) is 6.92 Å². The van der Waals surface area contributed by atoms with Gasteiger partial charge in [0.05, 0.1) is 16.3 Å². The van der Waals surface area contributed by atoms with Crippen LogP contribution in [0.3, 0.4) is 0 Å². The lowest BCUT2D eigenvalue weighted by atomic mass is 10.1. The molecule has 7 nitrogen and oxygen atoms in total. The third-order valence-corrected chi connectivity index (χ3v) is 3.95. The Morgan fingerprint density at radius 1 is 1.19 bits per heavy atom. The topological polar surface area (TPSA) is 84.9 Å². The van der Waals surface area contributed by atoms with Gasteiger partial charge in [0.2, 0.25) is 0 Å². The van der Waals surface area contributed by atoms with Crippen LogP contribution in [0.15, 0.2) is 36.4 Å². The molecule has 2 amide bonds. The number of nitrogens with zero attached hydrogens (tertiary/aromatic N) is 1. The van der Waals surface area contributed by atoms with Crippen LogP contribution in [-0.4, -0.2) is 37.2 Å². The Morgan fingerprint density at radius 3 is 2.59 bits per heavy atom. The normalized spacial score (nSPS) is 10.1. The van der Waals surface area contributed by atoms with Crippen LogP contribution in [-0.2, 0) is 9.53 Å². The van der Waals surface area contributed by atoms with Crippen LogP contribution in [0.25, 0.3) is 0 Å². The largest absolute Gasteiger partial charge is 0.446 e. The molecule has 0 aliphatic rings. The zero-order chi connectivity index (χ0) is 20.0. The summed E-state index contributed by atoms with van der Waals surface area (Å²) in [6, 6.07) is 9.39. The molecular formula is C18H16Cl2N2O5. The van der Waals surface area contributed by atoms with Gasteiger partial charge >= 0.3 is 6.09 Å². The molecule has 0 heterocycles. The number of hydrogen-bond donors (Lipinski definition) is 1. The summed E-state index contributed by atoms with van der Waals surface area (Å²) in [5.74, 6) is -0.569. The third kappa shape index (κ3) is 5.60. The molecule has 0 atom stereocenters. The maximum atomic E-state index is 12.6. The van der Waals surface area contributed by atoms with Gasteiger partial charge in [-0.25, -0.2) is 4.79 Å². The van der Waals surface area contributed by atoms with E-state index in [0.717, 1.165) is 10.5 Å². The zero-order valence-electron chi connectivity index (χ0n) is 14.5. The lowest BCUT2D eigenvalue weighted by Crippen LogP contribution is -2.32. The second-order valence-corrected chi connectivity index (χ2v) is 6.38. The van der Waals surface area contributed by atoms with Gasteiger partial charge in [0.1, 0.15) is 5.75 Å². The van der Waals surface area contributed by atoms with Crippen molar-refractivity contribution in [1.29, 1.82) is 0 Å². The number of hydrogen-bond acceptors (Lipinski definition) is 5. The summed E-state index contributed by atoms with van der Waals surface area (Å²) in [6.45, 7) is 1.78. The monoisotopic (exact) mass is 410 g/mol. The molecule has 0 aliphatic carbocycles. The number of carbonyl (C=O) groups is 3. The summed E-state index contributed by atoms with van der Waals surface area (Å²) in [4.78, 5) is 35.9. The van der Waals surface area contributed by atoms with Crippen LogP contribution in [0.4, 0.5) is 10.5 Å². The van der Waals surface area contributed by atoms with Crippen molar-refractivity contribution in [3.05, 3.63) is 57.6 Å². The van der Waals surface area contributed by atoms with Crippen molar-refractivity contribution >= 4 is 47.4 Å². The fourth-order valence-corrected chi connectivity index (χ4v) is 2.50. The highest BCUT2D eigenvalue weighted by Crippen LogP contribution is 2.27. The molecule has 0 unspecified atom stereocenters. The van der Waals surface area contributed by atoms with Gasteiger partial charge in [-0.05, 0) is 42.8 Å². The maximum Gasteiger partial charge on any atom is 0.417 e. The second kappa shape index (κ2) is 9.25. The molecule has 2 aromatic carbocycles. The number of aryl methyl sites for hydroxylation is 1. The fourth-order valence-electron chi connectivity index (χ4n) is 2.05. The van der Waals surface area contributed by atoms with E-state index in [-0.39, 0.29) is 29.5 Å². The van der Waals surface area contributed by atoms with Gasteiger partial charge in [-0.2, -0.15) is 0 Å². The molecule has 2 aromatic rings. The standard InChI is InChI=1S/C18H16Cl2N2O5/c1-11-3-5-15(14(20)7-11)21-17(24)13-8-12(19)4-6-16(13)27-18(25)22(2)9-26-10-23/h3-8,10H,9H2,1-2H3,(H,21,24). The first-order valence-electron chi connectivity index (χ1n) is 7.67. The Morgan fingerprint density at radius 2 is 1.93 bits per heavy atom. The Kier molecular flexibility index (Phi) is 7.04. The molecule has 0 saturated heterocycles. The third-order valence-electron chi connectivity index (χ3n) is 3.40. The highest BCUT2D eigenvalue weighted by molar-refractivity contribution is 6.34. The number of halogens is 2. The minimum absolute atomic E-state index is 0.0110. The number of rotatable bonds is 6. The van der Waals surface area contributed by atoms with Crippen LogP contribution < -0.4 is 10.1 Å². The maximum absolute atomic E-state index is 12.6. The van der Waals surface area contributed by atoms with Gasteiger partial charge in [-0.15, -0.1) is 0 Å². The Hall–Kier alpha value is -2.77. The highest BCUT2D eigenvalue weighted by atomic mass is 35.5. The van der Waals surface area contributed by atoms with E-state index >= 15 is 0 Å². The van der Waals surface area contributed by atoms with Gasteiger partial charge in [0, 0.05) is 12.1 Å². The predicted octanol–water partition coefficient (Wildman–Crippen LogP) is 4.12. The van der Waals surface area contributed by atoms with Gasteiger partial charge in [0.15, 0.2) is 6.73 Å². The molecule has 2 rings (SSSR count). The van der Waals surface area contributed by atoms with E-state index in [4.69, 9.17) is 27.9 Å². The molecular weight excluding hydrogens is 395 g/mol. The summed E-state index contributed by atoms with van der Waals surface area (Å²) in [5.41, 5.74) is 1.38. The SMILES string of the molecule is Cc1ccc(NC(=O)c2cc(Cl)ccc2OC(=O)N(C)COC=O)c(Cl)c1. The molecule has 0 bridgehead atoms. The molecule has 0 spiro atoms. The van der Waals surface area contributed by atoms with Crippen molar-refractivity contribution in [2.75, 3.05) is 19.1 Å². The Bertz CT molecular complexity index is 873. The number of benzene rings is 2. The van der Waals surface area contributed by atoms with Crippen LogP contribution in [0, 0.1) is 6.92 Å². The van der Waals surface area contributed by atoms with Crippen LogP contribution in [0.5, 0.6) is 5.75 Å². The lowest BCUT2D eigenvalue weighted by molar-refractivity contribution is -0.131. The van der Waals surface area contributed by atoms with E-state index in [0.29, 0.717) is 10.7 Å². The quantitative estimate of drug-likeness (QED) is 0.571. The summed E-state index contributed by atoms with van der Waals surface area (Å²) >= 11 is 12.1. The van der Waals surface area contributed by atoms with E-state index in [2.05, 4.69) is 10.1 Å². The zero-order valence-corrected chi connectivity index (χ0v) is 16.0. The summed E-state index contributed by atoms with van der Waals surface area (Å²) in [5, 5.41) is 3.31. The fraction of sp³-hybridized carbons (Fsp3) is 0.167. The molecule has 27 heavy (non-hydrogen) atoms. The second-order valence-electron chi connectivity index (χ2n) is 5.54. The molecule has 0 aromatic heterocycles. The van der Waals surface area contributed by atoms with E-state index in [1.54, 1.807) is 18.2 Å². The predicted molar refractivity (Wildman–Crippen MR) is 101 cm³/mol. The van der Waals surface area contributed by atoms with Crippen LogP contribution in [0.2, 0.25) is 10.0 Å². The van der Waals surface area contributed by atoms with Crippen molar-refractivity contribution in [3.63, 3.8) is 0 Å². The van der Waals surface area contributed by atoms with E-state index in [1.807, 2.05) is 6.92 Å². The first kappa shape index (κ1) is 20.5. The first-order chi connectivity index (χ1) is 12.8. The van der Waals surface area contributed by atoms with E-state index in [1.165, 1.54) is 25.2 Å². The summed E-state index contributed by atoms with van der Waals surface area (Å²) in [7, 11) is 1.37. The summed E-state index contributed by atoms with van der Waals surface area (Å²) < 4.78 is 9.69. The van der Waals surface area contributed by atoms with Gasteiger partial charge in [-0.1, -0.05) is 29.3 Å². The number of amides is 2. The smallest absolute Gasteiger partial charge is 0.417 e. The Labute approximate surface area is 165 Å². The van der Waals surface area contributed by atoms with Gasteiger partial charge in [0.25, 0.3) is 12.4 Å². The number of ether oxygens (including phenoxy) is 2. The molecule has 0 radical (unpaired) electrons. The van der Waals surface area contributed by atoms with Crippen molar-refractivity contribution in [2.24, 2.45) is 0 Å². The molecule has 0 aliphatic heterocycles. The number of carbonyl (C=O) groups excluding carboxylic acids is 3. The molecule has 0 saturated carbocycles. The van der Waals surface area contributed by atoms with Crippen molar-refractivity contribution < 1.29 is 23.9 Å². The minimum Gasteiger partial charge on any atom is -0.446 e. The lowest BCUT2D eigenvalue weighted by Gasteiger charge is -2.17. The van der Waals surface area contributed by atoms with Gasteiger partial charge < -0.3 is 14.8 Å². The van der Waals surface area contributed by atoms with E-state index < -0.39 is 12.0 Å². The van der Waals surface area contributed by atoms with E-state index in [9.17, 15) is 14.4 Å². The molecule has 0 fully saturated rings. The average molecular weight is 411 g/mol. The molecule has 9 heteroatoms. The van der Waals surface area contributed by atoms with Crippen molar-refractivity contribution in [3.8, 4) is 5.75 Å². The Balaban J connectivity index is 2.22. The first-order valence-corrected chi connectivity index (χ1v) is 8.42. The molecule has 142 valence electrons. The van der Waals surface area contributed by atoms with Crippen molar-refractivity contribution in [1.82, 2.24) is 4.90 Å². The minimum atomic E-state index is -0.818. The summed E-state index contributed by atoms with van der Waals surface area (Å²) in [6.07, 6.45) is -0.818. The van der Waals surface area contributed by atoms with Crippen LogP contribution in [0.1, 0.15) is 15.9 Å². The van der Waals surface area contributed by atoms with Crippen LogP contribution >= 0.6 is 23.2 Å². The number of anilines is 1. The average Bonchev–Trinajstić information content (AvgIpc) is 2.63. The highest BCUT2D eigenvalue weighted by Gasteiger charge is 2.19. The molecule has 1 N–H and O–H groups in total.